The van der Waals surface area contributed by atoms with Gasteiger partial charge in [0.2, 0.25) is 5.91 Å². The van der Waals surface area contributed by atoms with Gasteiger partial charge in [0.25, 0.3) is 5.91 Å². The van der Waals surface area contributed by atoms with Crippen molar-refractivity contribution in [1.29, 1.82) is 0 Å². The molecule has 29 heavy (non-hydrogen) atoms. The summed E-state index contributed by atoms with van der Waals surface area (Å²) in [5.41, 5.74) is 2.16. The molecule has 2 aromatic heterocycles. The smallest absolute Gasteiger partial charge is 0.267 e. The van der Waals surface area contributed by atoms with Gasteiger partial charge in [0.15, 0.2) is 5.82 Å². The van der Waals surface area contributed by atoms with E-state index in [1.807, 2.05) is 36.4 Å². The number of rotatable bonds is 6. The third-order valence-electron chi connectivity index (χ3n) is 4.46. The highest BCUT2D eigenvalue weighted by molar-refractivity contribution is 6.39. The van der Waals surface area contributed by atoms with Crippen molar-refractivity contribution in [2.75, 3.05) is 0 Å². The summed E-state index contributed by atoms with van der Waals surface area (Å²) in [5.74, 6) is 0.276. The SMILES string of the molecule is O=C(NCc1ccc(-n2cncn2)nc1)C1=NN(Cc2ccccc2)C(=O)CC1. The van der Waals surface area contributed by atoms with E-state index in [0.717, 1.165) is 11.1 Å². The maximum absolute atomic E-state index is 12.5. The Labute approximate surface area is 167 Å². The van der Waals surface area contributed by atoms with E-state index in [0.29, 0.717) is 31.0 Å². The molecule has 1 aromatic carbocycles. The molecule has 1 aliphatic heterocycles. The van der Waals surface area contributed by atoms with Crippen LogP contribution in [0, 0.1) is 0 Å². The highest BCUT2D eigenvalue weighted by Crippen LogP contribution is 2.14. The van der Waals surface area contributed by atoms with Crippen LogP contribution >= 0.6 is 0 Å². The summed E-state index contributed by atoms with van der Waals surface area (Å²) in [6.45, 7) is 0.666. The number of nitrogens with zero attached hydrogens (tertiary/aromatic N) is 6. The topological polar surface area (TPSA) is 105 Å². The standard InChI is InChI=1S/C20H19N7O2/c28-19-9-7-17(25-26(19)12-15-4-2-1-3-5-15)20(29)23-11-16-6-8-18(22-10-16)27-14-21-13-24-27/h1-6,8,10,13-14H,7,9,11-12H2,(H,23,29). The molecule has 0 atom stereocenters. The number of carbonyl (C=O) groups is 2. The number of hydrogen-bond acceptors (Lipinski definition) is 6. The van der Waals surface area contributed by atoms with E-state index in [4.69, 9.17) is 0 Å². The first-order valence-electron chi connectivity index (χ1n) is 9.19. The Morgan fingerprint density at radius 3 is 2.66 bits per heavy atom. The van der Waals surface area contributed by atoms with Gasteiger partial charge in [-0.25, -0.2) is 19.7 Å². The molecule has 3 aromatic rings. The second-order valence-electron chi connectivity index (χ2n) is 6.53. The van der Waals surface area contributed by atoms with Crippen molar-refractivity contribution in [3.05, 3.63) is 72.4 Å². The van der Waals surface area contributed by atoms with Gasteiger partial charge in [0.05, 0.1) is 6.54 Å². The fourth-order valence-electron chi connectivity index (χ4n) is 2.91. The van der Waals surface area contributed by atoms with Gasteiger partial charge >= 0.3 is 0 Å². The lowest BCUT2D eigenvalue weighted by Crippen LogP contribution is -2.38. The van der Waals surface area contributed by atoms with E-state index in [1.165, 1.54) is 11.3 Å². The lowest BCUT2D eigenvalue weighted by atomic mass is 10.1. The number of aromatic nitrogens is 4. The lowest BCUT2D eigenvalue weighted by Gasteiger charge is -2.23. The predicted octanol–water partition coefficient (Wildman–Crippen LogP) is 1.46. The van der Waals surface area contributed by atoms with Gasteiger partial charge in [0.1, 0.15) is 18.4 Å². The molecule has 0 unspecified atom stereocenters. The quantitative estimate of drug-likeness (QED) is 0.687. The average molecular weight is 389 g/mol. The minimum absolute atomic E-state index is 0.0849. The van der Waals surface area contributed by atoms with Crippen molar-refractivity contribution >= 4 is 17.5 Å². The third-order valence-corrected chi connectivity index (χ3v) is 4.46. The first-order valence-corrected chi connectivity index (χ1v) is 9.19. The van der Waals surface area contributed by atoms with Gasteiger partial charge in [-0.3, -0.25) is 9.59 Å². The summed E-state index contributed by atoms with van der Waals surface area (Å²) in [4.78, 5) is 32.8. The maximum atomic E-state index is 12.5. The molecule has 0 fully saturated rings. The zero-order valence-corrected chi connectivity index (χ0v) is 15.6. The minimum Gasteiger partial charge on any atom is -0.347 e. The molecule has 0 radical (unpaired) electrons. The van der Waals surface area contributed by atoms with Crippen molar-refractivity contribution in [2.45, 2.75) is 25.9 Å². The highest BCUT2D eigenvalue weighted by Gasteiger charge is 2.24. The molecular formula is C20H19N7O2. The summed E-state index contributed by atoms with van der Waals surface area (Å²) in [7, 11) is 0. The average Bonchev–Trinajstić information content (AvgIpc) is 3.30. The Morgan fingerprint density at radius 2 is 1.93 bits per heavy atom. The van der Waals surface area contributed by atoms with Gasteiger partial charge < -0.3 is 5.32 Å². The Kier molecular flexibility index (Phi) is 5.37. The first-order chi connectivity index (χ1) is 14.2. The third kappa shape index (κ3) is 4.52. The molecule has 3 heterocycles. The van der Waals surface area contributed by atoms with E-state index in [1.54, 1.807) is 23.3 Å². The molecule has 9 heteroatoms. The molecular weight excluding hydrogens is 370 g/mol. The molecule has 4 rings (SSSR count). The number of hydrazone groups is 1. The van der Waals surface area contributed by atoms with Crippen LogP contribution in [0.25, 0.3) is 5.82 Å². The van der Waals surface area contributed by atoms with E-state index in [-0.39, 0.29) is 18.2 Å². The molecule has 0 aliphatic carbocycles. The van der Waals surface area contributed by atoms with Gasteiger partial charge in [-0.15, -0.1) is 0 Å². The number of nitrogens with one attached hydrogen (secondary N) is 1. The summed E-state index contributed by atoms with van der Waals surface area (Å²) in [6, 6.07) is 13.2. The van der Waals surface area contributed by atoms with Gasteiger partial charge in [-0.1, -0.05) is 36.4 Å². The fraction of sp³-hybridized carbons (Fsp3) is 0.200. The largest absolute Gasteiger partial charge is 0.347 e. The Balaban J connectivity index is 1.37. The molecule has 0 saturated heterocycles. The van der Waals surface area contributed by atoms with Crippen LogP contribution in [0.1, 0.15) is 24.0 Å². The first kappa shape index (κ1) is 18.5. The lowest BCUT2D eigenvalue weighted by molar-refractivity contribution is -0.132. The van der Waals surface area contributed by atoms with E-state index in [9.17, 15) is 9.59 Å². The highest BCUT2D eigenvalue weighted by atomic mass is 16.2. The number of benzene rings is 1. The minimum atomic E-state index is -0.282. The normalized spacial score (nSPS) is 13.9. The molecule has 0 spiro atoms. The monoisotopic (exact) mass is 389 g/mol. The van der Waals surface area contributed by atoms with Crippen molar-refractivity contribution in [3.63, 3.8) is 0 Å². The van der Waals surface area contributed by atoms with E-state index >= 15 is 0 Å². The van der Waals surface area contributed by atoms with Crippen molar-refractivity contribution in [1.82, 2.24) is 30.1 Å². The molecule has 1 aliphatic rings. The van der Waals surface area contributed by atoms with Gasteiger partial charge in [-0.05, 0) is 17.2 Å². The molecule has 1 N–H and O–H groups in total. The summed E-state index contributed by atoms with van der Waals surface area (Å²) < 4.78 is 1.55. The Bertz CT molecular complexity index is 1010. The summed E-state index contributed by atoms with van der Waals surface area (Å²) in [5, 5.41) is 12.5. The van der Waals surface area contributed by atoms with Gasteiger partial charge in [-0.2, -0.15) is 10.2 Å². The van der Waals surface area contributed by atoms with Crippen LogP contribution in [0.5, 0.6) is 0 Å². The predicted molar refractivity (Wildman–Crippen MR) is 105 cm³/mol. The molecule has 2 amide bonds. The zero-order valence-electron chi connectivity index (χ0n) is 15.6. The van der Waals surface area contributed by atoms with Crippen LogP contribution in [-0.2, 0) is 22.7 Å². The van der Waals surface area contributed by atoms with E-state index < -0.39 is 0 Å². The summed E-state index contributed by atoms with van der Waals surface area (Å²) in [6.07, 6.45) is 5.28. The molecule has 0 saturated carbocycles. The number of amides is 2. The van der Waals surface area contributed by atoms with Crippen molar-refractivity contribution < 1.29 is 9.59 Å². The molecule has 9 nitrogen and oxygen atoms in total. The van der Waals surface area contributed by atoms with Crippen LogP contribution < -0.4 is 5.32 Å². The van der Waals surface area contributed by atoms with Crippen LogP contribution in [0.3, 0.4) is 0 Å². The second kappa shape index (κ2) is 8.42. The van der Waals surface area contributed by atoms with Crippen LogP contribution in [0.15, 0.2) is 66.4 Å². The van der Waals surface area contributed by atoms with Crippen LogP contribution in [0.2, 0.25) is 0 Å². The molecule has 0 bridgehead atoms. The number of hydrogen-bond donors (Lipinski definition) is 1. The van der Waals surface area contributed by atoms with Crippen LogP contribution in [-0.4, -0.2) is 42.3 Å². The number of pyridine rings is 1. The second-order valence-corrected chi connectivity index (χ2v) is 6.53. The van der Waals surface area contributed by atoms with E-state index in [2.05, 4.69) is 25.5 Å². The zero-order chi connectivity index (χ0) is 20.1. The Hall–Kier alpha value is -3.88. The fourth-order valence-corrected chi connectivity index (χ4v) is 2.91. The maximum Gasteiger partial charge on any atom is 0.267 e. The van der Waals surface area contributed by atoms with Crippen molar-refractivity contribution in [3.8, 4) is 5.82 Å². The van der Waals surface area contributed by atoms with Gasteiger partial charge in [0, 0.05) is 25.6 Å². The summed E-state index contributed by atoms with van der Waals surface area (Å²) >= 11 is 0. The van der Waals surface area contributed by atoms with Crippen LogP contribution in [0.4, 0.5) is 0 Å². The number of carbonyl (C=O) groups excluding carboxylic acids is 2. The van der Waals surface area contributed by atoms with Crippen molar-refractivity contribution in [2.24, 2.45) is 5.10 Å². The molecule has 146 valence electrons. The Morgan fingerprint density at radius 1 is 1.07 bits per heavy atom.